The Hall–Kier alpha value is -1.16. The summed E-state index contributed by atoms with van der Waals surface area (Å²) in [6, 6.07) is 14.7. The zero-order valence-corrected chi connectivity index (χ0v) is 11.3. The molecule has 0 spiro atoms. The molecule has 1 aromatic carbocycles. The fraction of sp³-hybridized carbons (Fsp3) is 0.333. The predicted octanol–water partition coefficient (Wildman–Crippen LogP) is 2.79. The number of hydrogen-bond donors (Lipinski definition) is 1. The number of hydrogen-bond acceptors (Lipinski definition) is 3. The Kier molecular flexibility index (Phi) is 5.39. The highest BCUT2D eigenvalue weighted by Crippen LogP contribution is 2.11. The van der Waals surface area contributed by atoms with Gasteiger partial charge in [0.15, 0.2) is 0 Å². The Labute approximate surface area is 113 Å². The molecule has 2 aromatic rings. The highest BCUT2D eigenvalue weighted by molar-refractivity contribution is 7.09. The van der Waals surface area contributed by atoms with Crippen molar-refractivity contribution >= 4 is 11.3 Å². The SMILES string of the molecule is OCCN(CCc1cccs1)Cc1ccccc1. The van der Waals surface area contributed by atoms with Gasteiger partial charge in [-0.2, -0.15) is 0 Å². The molecule has 2 nitrogen and oxygen atoms in total. The zero-order chi connectivity index (χ0) is 12.6. The van der Waals surface area contributed by atoms with Crippen LogP contribution in [0.25, 0.3) is 0 Å². The largest absolute Gasteiger partial charge is 0.395 e. The third-order valence-corrected chi connectivity index (χ3v) is 3.86. The van der Waals surface area contributed by atoms with E-state index in [2.05, 4.69) is 46.7 Å². The Bertz CT molecular complexity index is 427. The van der Waals surface area contributed by atoms with Crippen LogP contribution in [0.3, 0.4) is 0 Å². The van der Waals surface area contributed by atoms with Crippen molar-refractivity contribution in [2.45, 2.75) is 13.0 Å². The van der Waals surface area contributed by atoms with Gasteiger partial charge < -0.3 is 5.11 Å². The van der Waals surface area contributed by atoms with Crippen LogP contribution in [0.5, 0.6) is 0 Å². The molecular weight excluding hydrogens is 242 g/mol. The summed E-state index contributed by atoms with van der Waals surface area (Å²) in [7, 11) is 0. The van der Waals surface area contributed by atoms with Gasteiger partial charge in [-0.25, -0.2) is 0 Å². The van der Waals surface area contributed by atoms with E-state index in [9.17, 15) is 0 Å². The van der Waals surface area contributed by atoms with E-state index in [1.807, 2.05) is 6.07 Å². The van der Waals surface area contributed by atoms with Crippen molar-refractivity contribution in [1.82, 2.24) is 4.90 Å². The van der Waals surface area contributed by atoms with Gasteiger partial charge >= 0.3 is 0 Å². The Morgan fingerprint density at radius 3 is 2.50 bits per heavy atom. The summed E-state index contributed by atoms with van der Waals surface area (Å²) in [6.45, 7) is 2.86. The Morgan fingerprint density at radius 1 is 1.00 bits per heavy atom. The number of benzene rings is 1. The summed E-state index contributed by atoms with van der Waals surface area (Å²) in [5, 5.41) is 11.2. The minimum absolute atomic E-state index is 0.220. The summed E-state index contributed by atoms with van der Waals surface area (Å²) in [4.78, 5) is 3.71. The fourth-order valence-corrected chi connectivity index (χ4v) is 2.67. The molecular formula is C15H19NOS. The molecule has 2 rings (SSSR count). The first-order chi connectivity index (χ1) is 8.88. The molecule has 0 saturated heterocycles. The molecule has 0 aliphatic heterocycles. The van der Waals surface area contributed by atoms with E-state index in [4.69, 9.17) is 5.11 Å². The van der Waals surface area contributed by atoms with Gasteiger partial charge in [0.05, 0.1) is 6.61 Å². The molecule has 0 unspecified atom stereocenters. The molecule has 0 atom stereocenters. The molecule has 18 heavy (non-hydrogen) atoms. The highest BCUT2D eigenvalue weighted by Gasteiger charge is 2.06. The summed E-state index contributed by atoms with van der Waals surface area (Å²) >= 11 is 1.80. The average Bonchev–Trinajstić information content (AvgIpc) is 2.91. The van der Waals surface area contributed by atoms with Crippen LogP contribution in [0.2, 0.25) is 0 Å². The van der Waals surface area contributed by atoms with E-state index in [1.165, 1.54) is 10.4 Å². The normalized spacial score (nSPS) is 11.0. The summed E-state index contributed by atoms with van der Waals surface area (Å²) < 4.78 is 0. The standard InChI is InChI=1S/C15H19NOS/c17-11-10-16(9-8-15-7-4-12-18-15)13-14-5-2-1-3-6-14/h1-7,12,17H,8-11,13H2. The summed E-state index contributed by atoms with van der Waals surface area (Å²) in [5.41, 5.74) is 1.30. The van der Waals surface area contributed by atoms with Gasteiger partial charge in [0, 0.05) is 24.5 Å². The van der Waals surface area contributed by atoms with Crippen molar-refractivity contribution in [2.24, 2.45) is 0 Å². The number of aliphatic hydroxyl groups is 1. The molecule has 1 heterocycles. The highest BCUT2D eigenvalue weighted by atomic mass is 32.1. The van der Waals surface area contributed by atoms with Crippen LogP contribution in [0, 0.1) is 0 Å². The second-order valence-electron chi connectivity index (χ2n) is 4.31. The first kappa shape index (κ1) is 13.3. The zero-order valence-electron chi connectivity index (χ0n) is 10.5. The van der Waals surface area contributed by atoms with Crippen LogP contribution < -0.4 is 0 Å². The molecule has 1 aromatic heterocycles. The van der Waals surface area contributed by atoms with E-state index in [0.29, 0.717) is 0 Å². The fourth-order valence-electron chi connectivity index (χ4n) is 1.98. The van der Waals surface area contributed by atoms with E-state index >= 15 is 0 Å². The van der Waals surface area contributed by atoms with E-state index < -0.39 is 0 Å². The lowest BCUT2D eigenvalue weighted by molar-refractivity contribution is 0.192. The van der Waals surface area contributed by atoms with Gasteiger partial charge in [0.2, 0.25) is 0 Å². The first-order valence-corrected chi connectivity index (χ1v) is 7.16. The molecule has 0 aliphatic rings. The number of aliphatic hydroxyl groups excluding tert-OH is 1. The number of thiophene rings is 1. The van der Waals surface area contributed by atoms with Gasteiger partial charge in [-0.1, -0.05) is 36.4 Å². The topological polar surface area (TPSA) is 23.5 Å². The summed E-state index contributed by atoms with van der Waals surface area (Å²) in [5.74, 6) is 0. The van der Waals surface area contributed by atoms with Crippen molar-refractivity contribution in [3.05, 3.63) is 58.3 Å². The van der Waals surface area contributed by atoms with Gasteiger partial charge in [-0.05, 0) is 23.4 Å². The van der Waals surface area contributed by atoms with Crippen LogP contribution in [0.1, 0.15) is 10.4 Å². The Balaban J connectivity index is 1.87. The molecule has 0 bridgehead atoms. The van der Waals surface area contributed by atoms with Crippen molar-refractivity contribution in [3.63, 3.8) is 0 Å². The van der Waals surface area contributed by atoms with Crippen molar-refractivity contribution in [3.8, 4) is 0 Å². The van der Waals surface area contributed by atoms with Crippen LogP contribution in [-0.4, -0.2) is 29.7 Å². The van der Waals surface area contributed by atoms with Crippen LogP contribution in [0.4, 0.5) is 0 Å². The molecule has 0 amide bonds. The minimum atomic E-state index is 0.220. The van der Waals surface area contributed by atoms with Gasteiger partial charge in [-0.15, -0.1) is 11.3 Å². The van der Waals surface area contributed by atoms with Crippen molar-refractivity contribution < 1.29 is 5.11 Å². The lowest BCUT2D eigenvalue weighted by atomic mass is 10.2. The van der Waals surface area contributed by atoms with E-state index in [-0.39, 0.29) is 6.61 Å². The molecule has 3 heteroatoms. The smallest absolute Gasteiger partial charge is 0.0558 e. The third kappa shape index (κ3) is 4.26. The van der Waals surface area contributed by atoms with E-state index in [0.717, 1.165) is 26.1 Å². The van der Waals surface area contributed by atoms with Gasteiger partial charge in [0.1, 0.15) is 0 Å². The summed E-state index contributed by atoms with van der Waals surface area (Å²) in [6.07, 6.45) is 1.06. The molecule has 0 saturated carbocycles. The second kappa shape index (κ2) is 7.31. The van der Waals surface area contributed by atoms with Crippen LogP contribution in [0.15, 0.2) is 47.8 Å². The van der Waals surface area contributed by atoms with Crippen LogP contribution in [-0.2, 0) is 13.0 Å². The predicted molar refractivity (Wildman–Crippen MR) is 76.8 cm³/mol. The molecule has 1 N–H and O–H groups in total. The lowest BCUT2D eigenvalue weighted by Crippen LogP contribution is -2.28. The number of nitrogens with zero attached hydrogens (tertiary/aromatic N) is 1. The molecule has 0 radical (unpaired) electrons. The van der Waals surface area contributed by atoms with Crippen molar-refractivity contribution in [1.29, 1.82) is 0 Å². The third-order valence-electron chi connectivity index (χ3n) is 2.92. The maximum Gasteiger partial charge on any atom is 0.0558 e. The Morgan fingerprint density at radius 2 is 1.83 bits per heavy atom. The number of rotatable bonds is 7. The second-order valence-corrected chi connectivity index (χ2v) is 5.35. The molecule has 96 valence electrons. The molecule has 0 aliphatic carbocycles. The van der Waals surface area contributed by atoms with Gasteiger partial charge in [-0.3, -0.25) is 4.90 Å². The monoisotopic (exact) mass is 261 g/mol. The van der Waals surface area contributed by atoms with Crippen molar-refractivity contribution in [2.75, 3.05) is 19.7 Å². The van der Waals surface area contributed by atoms with E-state index in [1.54, 1.807) is 11.3 Å². The minimum Gasteiger partial charge on any atom is -0.395 e. The first-order valence-electron chi connectivity index (χ1n) is 6.28. The van der Waals surface area contributed by atoms with Gasteiger partial charge in [0.25, 0.3) is 0 Å². The maximum absolute atomic E-state index is 9.13. The lowest BCUT2D eigenvalue weighted by Gasteiger charge is -2.21. The quantitative estimate of drug-likeness (QED) is 0.828. The average molecular weight is 261 g/mol. The molecule has 0 fully saturated rings. The maximum atomic E-state index is 9.13. The van der Waals surface area contributed by atoms with Crippen LogP contribution >= 0.6 is 11.3 Å².